The van der Waals surface area contributed by atoms with E-state index in [0.29, 0.717) is 34.9 Å². The molecule has 8 heteroatoms. The van der Waals surface area contributed by atoms with Crippen molar-refractivity contribution in [1.82, 2.24) is 14.8 Å². The predicted molar refractivity (Wildman–Crippen MR) is 131 cm³/mol. The van der Waals surface area contributed by atoms with Crippen molar-refractivity contribution < 1.29 is 14.4 Å². The molecule has 8 nitrogen and oxygen atoms in total. The van der Waals surface area contributed by atoms with Gasteiger partial charge in [0.2, 0.25) is 0 Å². The maximum atomic E-state index is 11.4. The highest BCUT2D eigenvalue weighted by Gasteiger charge is 2.21. The fraction of sp³-hybridized carbons (Fsp3) is 0.154. The van der Waals surface area contributed by atoms with Crippen molar-refractivity contribution >= 4 is 27.5 Å². The molecule has 5 rings (SSSR count). The molecular weight excluding hydrogens is 432 g/mol. The minimum absolute atomic E-state index is 0.00185. The molecule has 170 valence electrons. The molecule has 0 saturated heterocycles. The van der Waals surface area contributed by atoms with Crippen LogP contribution in [0.5, 0.6) is 11.5 Å². The number of ether oxygens (including phenoxy) is 2. The largest absolute Gasteiger partial charge is 0.493 e. The zero-order chi connectivity index (χ0) is 23.8. The minimum Gasteiger partial charge on any atom is -0.493 e. The highest BCUT2D eigenvalue weighted by atomic mass is 16.6. The third-order valence-corrected chi connectivity index (χ3v) is 5.87. The third kappa shape index (κ3) is 3.59. The molecule has 0 aliphatic heterocycles. The van der Waals surface area contributed by atoms with E-state index in [9.17, 15) is 10.1 Å². The molecule has 0 N–H and O–H groups in total. The smallest absolute Gasteiger partial charge is 0.270 e. The van der Waals surface area contributed by atoms with E-state index in [4.69, 9.17) is 19.6 Å². The van der Waals surface area contributed by atoms with Crippen LogP contribution in [0.4, 0.5) is 5.69 Å². The van der Waals surface area contributed by atoms with Gasteiger partial charge in [0.1, 0.15) is 0 Å². The fourth-order valence-electron chi connectivity index (χ4n) is 4.30. The van der Waals surface area contributed by atoms with E-state index in [2.05, 4.69) is 0 Å². The Bertz CT molecular complexity index is 1540. The van der Waals surface area contributed by atoms with Crippen LogP contribution in [0.25, 0.3) is 33.1 Å². The van der Waals surface area contributed by atoms with Crippen molar-refractivity contribution in [2.45, 2.75) is 13.5 Å². The van der Waals surface area contributed by atoms with Crippen LogP contribution in [0.1, 0.15) is 11.3 Å². The van der Waals surface area contributed by atoms with Crippen molar-refractivity contribution in [2.75, 3.05) is 14.2 Å². The summed E-state index contributed by atoms with van der Waals surface area (Å²) in [6, 6.07) is 20.3. The summed E-state index contributed by atoms with van der Waals surface area (Å²) in [5.41, 5.74) is 3.88. The molecule has 3 aromatic carbocycles. The summed E-state index contributed by atoms with van der Waals surface area (Å²) in [7, 11) is 3.17. The van der Waals surface area contributed by atoms with Crippen molar-refractivity contribution in [3.05, 3.63) is 88.1 Å². The first kappa shape index (κ1) is 21.4. The summed E-state index contributed by atoms with van der Waals surface area (Å²) in [5, 5.41) is 18.8. The number of hydrogen-bond donors (Lipinski definition) is 0. The molecule has 34 heavy (non-hydrogen) atoms. The number of hydrogen-bond acceptors (Lipinski definition) is 6. The lowest BCUT2D eigenvalue weighted by atomic mass is 10.00. The Morgan fingerprint density at radius 1 is 0.941 bits per heavy atom. The lowest BCUT2D eigenvalue weighted by molar-refractivity contribution is -0.384. The molecule has 0 spiro atoms. The first-order valence-electron chi connectivity index (χ1n) is 10.7. The number of nitro benzene ring substituents is 1. The molecule has 0 saturated carbocycles. The number of nitro groups is 1. The van der Waals surface area contributed by atoms with Gasteiger partial charge in [-0.25, -0.2) is 9.67 Å². The normalized spacial score (nSPS) is 11.1. The Balaban J connectivity index is 1.85. The van der Waals surface area contributed by atoms with E-state index in [0.717, 1.165) is 27.4 Å². The number of pyridine rings is 1. The van der Waals surface area contributed by atoms with Crippen molar-refractivity contribution in [2.24, 2.45) is 0 Å². The van der Waals surface area contributed by atoms with Gasteiger partial charge in [0, 0.05) is 33.9 Å². The molecule has 0 amide bonds. The molecule has 5 aromatic rings. The van der Waals surface area contributed by atoms with Crippen LogP contribution >= 0.6 is 0 Å². The first-order valence-corrected chi connectivity index (χ1v) is 10.7. The molecule has 0 aliphatic rings. The highest BCUT2D eigenvalue weighted by molar-refractivity contribution is 6.12. The van der Waals surface area contributed by atoms with E-state index in [-0.39, 0.29) is 5.69 Å². The number of rotatable bonds is 6. The Labute approximate surface area is 195 Å². The van der Waals surface area contributed by atoms with E-state index in [1.165, 1.54) is 12.1 Å². The Kier molecular flexibility index (Phi) is 5.33. The van der Waals surface area contributed by atoms with Crippen LogP contribution in [-0.4, -0.2) is 33.9 Å². The lowest BCUT2D eigenvalue weighted by Gasteiger charge is -2.13. The van der Waals surface area contributed by atoms with Crippen LogP contribution in [0.2, 0.25) is 0 Å². The van der Waals surface area contributed by atoms with Crippen molar-refractivity contribution in [3.63, 3.8) is 0 Å². The van der Waals surface area contributed by atoms with Crippen LogP contribution in [0, 0.1) is 17.0 Å². The summed E-state index contributed by atoms with van der Waals surface area (Å²) >= 11 is 0. The van der Waals surface area contributed by atoms with E-state index in [1.807, 2.05) is 60.1 Å². The average molecular weight is 454 g/mol. The average Bonchev–Trinajstić information content (AvgIpc) is 3.18. The quantitative estimate of drug-likeness (QED) is 0.247. The number of benzene rings is 3. The van der Waals surface area contributed by atoms with Gasteiger partial charge in [-0.1, -0.05) is 42.5 Å². The molecular formula is C26H22N4O4. The molecule has 2 aromatic heterocycles. The summed E-state index contributed by atoms with van der Waals surface area (Å²) < 4.78 is 13.0. The van der Waals surface area contributed by atoms with E-state index >= 15 is 0 Å². The predicted octanol–water partition coefficient (Wildman–Crippen LogP) is 5.53. The molecule has 0 fully saturated rings. The minimum atomic E-state index is -0.405. The van der Waals surface area contributed by atoms with E-state index in [1.54, 1.807) is 20.3 Å². The third-order valence-electron chi connectivity index (χ3n) is 5.87. The zero-order valence-corrected chi connectivity index (χ0v) is 19.0. The number of non-ortho nitro benzene ring substituents is 1. The molecule has 2 heterocycles. The second kappa shape index (κ2) is 8.47. The van der Waals surface area contributed by atoms with Gasteiger partial charge in [0.05, 0.1) is 37.1 Å². The number of aromatic nitrogens is 3. The van der Waals surface area contributed by atoms with Gasteiger partial charge in [-0.3, -0.25) is 10.1 Å². The Morgan fingerprint density at radius 2 is 1.65 bits per heavy atom. The maximum Gasteiger partial charge on any atom is 0.270 e. The van der Waals surface area contributed by atoms with Crippen LogP contribution in [-0.2, 0) is 6.54 Å². The SMILES string of the molecule is COc1cc2c(-c3cccc([N+](=O)[O-])c3)nc3c(c(C)nn3Cc3ccccc3)c2cc1OC. The van der Waals surface area contributed by atoms with Gasteiger partial charge < -0.3 is 9.47 Å². The van der Waals surface area contributed by atoms with Crippen molar-refractivity contribution in [1.29, 1.82) is 0 Å². The summed E-state index contributed by atoms with van der Waals surface area (Å²) in [4.78, 5) is 16.0. The second-order valence-electron chi connectivity index (χ2n) is 7.95. The number of aryl methyl sites for hydroxylation is 1. The zero-order valence-electron chi connectivity index (χ0n) is 19.0. The lowest BCUT2D eigenvalue weighted by Crippen LogP contribution is -2.03. The van der Waals surface area contributed by atoms with Crippen LogP contribution < -0.4 is 9.47 Å². The molecule has 0 unspecified atom stereocenters. The van der Waals surface area contributed by atoms with Crippen LogP contribution in [0.3, 0.4) is 0 Å². The van der Waals surface area contributed by atoms with Gasteiger partial charge in [0.15, 0.2) is 17.1 Å². The monoisotopic (exact) mass is 454 g/mol. The van der Waals surface area contributed by atoms with E-state index < -0.39 is 4.92 Å². The number of methoxy groups -OCH3 is 2. The van der Waals surface area contributed by atoms with Crippen molar-refractivity contribution in [3.8, 4) is 22.8 Å². The second-order valence-corrected chi connectivity index (χ2v) is 7.95. The first-order chi connectivity index (χ1) is 16.5. The standard InChI is InChI=1S/C26H22N4O4/c1-16-24-20-13-22(33-2)23(34-3)14-21(20)25(18-10-7-11-19(12-18)30(31)32)27-26(24)29(28-16)15-17-8-5-4-6-9-17/h4-14H,15H2,1-3H3. The van der Waals surface area contributed by atoms with Gasteiger partial charge in [-0.2, -0.15) is 5.10 Å². The molecule has 0 bridgehead atoms. The van der Waals surface area contributed by atoms with Gasteiger partial charge in [-0.05, 0) is 24.6 Å². The van der Waals surface area contributed by atoms with Gasteiger partial charge in [0.25, 0.3) is 5.69 Å². The Hall–Kier alpha value is -4.46. The number of nitrogens with zero attached hydrogens (tertiary/aromatic N) is 4. The van der Waals surface area contributed by atoms with Crippen LogP contribution in [0.15, 0.2) is 66.7 Å². The summed E-state index contributed by atoms with van der Waals surface area (Å²) in [5.74, 6) is 1.14. The maximum absolute atomic E-state index is 11.4. The van der Waals surface area contributed by atoms with Gasteiger partial charge >= 0.3 is 0 Å². The molecule has 0 aliphatic carbocycles. The summed E-state index contributed by atoms with van der Waals surface area (Å²) in [6.07, 6.45) is 0. The fourth-order valence-corrected chi connectivity index (χ4v) is 4.30. The number of fused-ring (bicyclic) bond motifs is 3. The molecule has 0 atom stereocenters. The molecule has 0 radical (unpaired) electrons. The highest BCUT2D eigenvalue weighted by Crippen LogP contribution is 2.41. The summed E-state index contributed by atoms with van der Waals surface area (Å²) in [6.45, 7) is 2.50. The topological polar surface area (TPSA) is 92.3 Å². The Morgan fingerprint density at radius 3 is 2.32 bits per heavy atom. The van der Waals surface area contributed by atoms with Gasteiger partial charge in [-0.15, -0.1) is 0 Å².